The summed E-state index contributed by atoms with van der Waals surface area (Å²) in [5.74, 6) is 0. The van der Waals surface area contributed by atoms with Crippen LogP contribution in [-0.4, -0.2) is 41.6 Å². The van der Waals surface area contributed by atoms with Gasteiger partial charge in [-0.1, -0.05) is 19.8 Å². The third-order valence-electron chi connectivity index (χ3n) is 3.97. The summed E-state index contributed by atoms with van der Waals surface area (Å²) in [6, 6.07) is 3.97. The normalized spacial score (nSPS) is 19.2. The molecule has 1 saturated heterocycles. The van der Waals surface area contributed by atoms with Crippen molar-refractivity contribution in [2.75, 3.05) is 25.0 Å². The van der Waals surface area contributed by atoms with Gasteiger partial charge >= 0.3 is 6.03 Å². The molecule has 0 aliphatic carbocycles. The average molecular weight is 290 g/mol. The minimum Gasteiger partial charge on any atom is -0.336 e. The zero-order chi connectivity index (χ0) is 14.9. The van der Waals surface area contributed by atoms with Crippen LogP contribution in [0.15, 0.2) is 24.5 Å². The van der Waals surface area contributed by atoms with Crippen LogP contribution in [0.25, 0.3) is 0 Å². The maximum atomic E-state index is 11.9. The van der Waals surface area contributed by atoms with Gasteiger partial charge in [-0.2, -0.15) is 0 Å². The summed E-state index contributed by atoms with van der Waals surface area (Å²) in [5.41, 5.74) is 0.724. The van der Waals surface area contributed by atoms with Crippen molar-refractivity contribution in [2.24, 2.45) is 0 Å². The highest BCUT2D eigenvalue weighted by Crippen LogP contribution is 2.17. The SMILES string of the molecule is CCCCN1CCCC[C@H]1CNC(=O)Nc1cccnc1. The third-order valence-corrected chi connectivity index (χ3v) is 3.97. The number of nitrogens with zero attached hydrogens (tertiary/aromatic N) is 2. The number of amides is 2. The molecule has 116 valence electrons. The van der Waals surface area contributed by atoms with E-state index in [-0.39, 0.29) is 6.03 Å². The molecule has 2 amide bonds. The van der Waals surface area contributed by atoms with E-state index in [9.17, 15) is 4.79 Å². The van der Waals surface area contributed by atoms with Gasteiger partial charge in [0.15, 0.2) is 0 Å². The highest BCUT2D eigenvalue weighted by atomic mass is 16.2. The van der Waals surface area contributed by atoms with E-state index in [2.05, 4.69) is 27.4 Å². The summed E-state index contributed by atoms with van der Waals surface area (Å²) in [6.45, 7) is 5.25. The number of rotatable bonds is 6. The van der Waals surface area contributed by atoms with Crippen molar-refractivity contribution in [3.63, 3.8) is 0 Å². The summed E-state index contributed by atoms with van der Waals surface area (Å²) < 4.78 is 0. The molecule has 0 radical (unpaired) electrons. The molecule has 0 aromatic carbocycles. The van der Waals surface area contributed by atoms with Crippen LogP contribution in [0, 0.1) is 0 Å². The molecule has 0 saturated carbocycles. The number of unbranched alkanes of at least 4 members (excludes halogenated alkanes) is 1. The molecular weight excluding hydrogens is 264 g/mol. The molecular formula is C16H26N4O. The minimum absolute atomic E-state index is 0.149. The van der Waals surface area contributed by atoms with Crippen LogP contribution in [0.4, 0.5) is 10.5 Å². The van der Waals surface area contributed by atoms with E-state index in [0.717, 1.165) is 25.3 Å². The van der Waals surface area contributed by atoms with E-state index >= 15 is 0 Å². The molecule has 5 nitrogen and oxygen atoms in total. The van der Waals surface area contributed by atoms with E-state index in [1.165, 1.54) is 32.1 Å². The van der Waals surface area contributed by atoms with Crippen molar-refractivity contribution < 1.29 is 4.79 Å². The van der Waals surface area contributed by atoms with Crippen molar-refractivity contribution in [3.8, 4) is 0 Å². The first-order valence-electron chi connectivity index (χ1n) is 7.98. The van der Waals surface area contributed by atoms with Crippen molar-refractivity contribution in [1.29, 1.82) is 0 Å². The molecule has 1 aromatic rings. The molecule has 21 heavy (non-hydrogen) atoms. The van der Waals surface area contributed by atoms with Gasteiger partial charge in [0.05, 0.1) is 11.9 Å². The van der Waals surface area contributed by atoms with Crippen molar-refractivity contribution in [1.82, 2.24) is 15.2 Å². The van der Waals surface area contributed by atoms with Gasteiger partial charge in [0.25, 0.3) is 0 Å². The van der Waals surface area contributed by atoms with Crippen molar-refractivity contribution >= 4 is 11.7 Å². The fourth-order valence-corrected chi connectivity index (χ4v) is 2.77. The average Bonchev–Trinajstić information content (AvgIpc) is 2.52. The molecule has 1 aliphatic heterocycles. The smallest absolute Gasteiger partial charge is 0.319 e. The lowest BCUT2D eigenvalue weighted by molar-refractivity contribution is 0.145. The fourth-order valence-electron chi connectivity index (χ4n) is 2.77. The van der Waals surface area contributed by atoms with E-state index < -0.39 is 0 Å². The number of anilines is 1. The largest absolute Gasteiger partial charge is 0.336 e. The van der Waals surface area contributed by atoms with Gasteiger partial charge in [0.1, 0.15) is 0 Å². The Morgan fingerprint density at radius 2 is 2.38 bits per heavy atom. The number of pyridine rings is 1. The van der Waals surface area contributed by atoms with E-state index in [1.54, 1.807) is 12.4 Å². The molecule has 1 aliphatic rings. The number of hydrogen-bond donors (Lipinski definition) is 2. The number of carbonyl (C=O) groups is 1. The summed E-state index contributed by atoms with van der Waals surface area (Å²) >= 11 is 0. The second-order valence-corrected chi connectivity index (χ2v) is 5.62. The second-order valence-electron chi connectivity index (χ2n) is 5.62. The second kappa shape index (κ2) is 8.62. The standard InChI is InChI=1S/C16H26N4O/c1-2-3-10-20-11-5-4-8-15(20)13-18-16(21)19-14-7-6-9-17-12-14/h6-7,9,12,15H,2-5,8,10-11,13H2,1H3,(H2,18,19,21)/t15-/m0/s1. The van der Waals surface area contributed by atoms with Gasteiger partial charge in [-0.05, 0) is 44.5 Å². The van der Waals surface area contributed by atoms with Crippen LogP contribution in [0.2, 0.25) is 0 Å². The van der Waals surface area contributed by atoms with Gasteiger partial charge in [0.2, 0.25) is 0 Å². The zero-order valence-corrected chi connectivity index (χ0v) is 12.8. The first-order valence-corrected chi connectivity index (χ1v) is 7.98. The third kappa shape index (κ3) is 5.34. The van der Waals surface area contributed by atoms with Crippen LogP contribution >= 0.6 is 0 Å². The van der Waals surface area contributed by atoms with Crippen LogP contribution in [-0.2, 0) is 0 Å². The Labute approximate surface area is 127 Å². The number of piperidine rings is 1. The summed E-state index contributed by atoms with van der Waals surface area (Å²) in [5, 5.41) is 5.80. The molecule has 2 rings (SSSR count). The molecule has 1 atom stereocenters. The molecule has 2 N–H and O–H groups in total. The van der Waals surface area contributed by atoms with Crippen LogP contribution in [0.1, 0.15) is 39.0 Å². The molecule has 1 fully saturated rings. The summed E-state index contributed by atoms with van der Waals surface area (Å²) in [6.07, 6.45) is 9.51. The van der Waals surface area contributed by atoms with Gasteiger partial charge in [0, 0.05) is 18.8 Å². The highest BCUT2D eigenvalue weighted by molar-refractivity contribution is 5.88. The predicted molar refractivity (Wildman–Crippen MR) is 85.4 cm³/mol. The van der Waals surface area contributed by atoms with Gasteiger partial charge in [-0.3, -0.25) is 9.88 Å². The molecule has 0 unspecified atom stereocenters. The number of nitrogens with one attached hydrogen (secondary N) is 2. The Morgan fingerprint density at radius 1 is 1.48 bits per heavy atom. The number of likely N-dealkylation sites (tertiary alicyclic amines) is 1. The number of carbonyl (C=O) groups excluding carboxylic acids is 1. The Kier molecular flexibility index (Phi) is 6.47. The Morgan fingerprint density at radius 3 is 3.14 bits per heavy atom. The maximum Gasteiger partial charge on any atom is 0.319 e. The lowest BCUT2D eigenvalue weighted by Crippen LogP contribution is -2.47. The quantitative estimate of drug-likeness (QED) is 0.847. The maximum absolute atomic E-state index is 11.9. The van der Waals surface area contributed by atoms with E-state index in [0.29, 0.717) is 6.04 Å². The topological polar surface area (TPSA) is 57.3 Å². The summed E-state index contributed by atoms with van der Waals surface area (Å²) in [7, 11) is 0. The Balaban J connectivity index is 1.76. The lowest BCUT2D eigenvalue weighted by atomic mass is 10.0. The van der Waals surface area contributed by atoms with E-state index in [1.807, 2.05) is 12.1 Å². The number of aromatic nitrogens is 1. The van der Waals surface area contributed by atoms with Gasteiger partial charge in [-0.15, -0.1) is 0 Å². The van der Waals surface area contributed by atoms with Gasteiger partial charge < -0.3 is 10.6 Å². The van der Waals surface area contributed by atoms with Gasteiger partial charge in [-0.25, -0.2) is 4.79 Å². The fraction of sp³-hybridized carbons (Fsp3) is 0.625. The van der Waals surface area contributed by atoms with Crippen LogP contribution < -0.4 is 10.6 Å². The monoisotopic (exact) mass is 290 g/mol. The van der Waals surface area contributed by atoms with Crippen LogP contribution in [0.5, 0.6) is 0 Å². The number of urea groups is 1. The van der Waals surface area contributed by atoms with Crippen LogP contribution in [0.3, 0.4) is 0 Å². The van der Waals surface area contributed by atoms with E-state index in [4.69, 9.17) is 0 Å². The molecule has 1 aromatic heterocycles. The Bertz CT molecular complexity index is 424. The molecule has 2 heterocycles. The first kappa shape index (κ1) is 15.8. The summed E-state index contributed by atoms with van der Waals surface area (Å²) in [4.78, 5) is 18.4. The van der Waals surface area contributed by atoms with Crippen molar-refractivity contribution in [2.45, 2.75) is 45.1 Å². The van der Waals surface area contributed by atoms with Crippen molar-refractivity contribution in [3.05, 3.63) is 24.5 Å². The minimum atomic E-state index is -0.149. The highest BCUT2D eigenvalue weighted by Gasteiger charge is 2.22. The molecule has 5 heteroatoms. The predicted octanol–water partition coefficient (Wildman–Crippen LogP) is 2.86. The molecule has 0 bridgehead atoms. The lowest BCUT2D eigenvalue weighted by Gasteiger charge is -2.35. The first-order chi connectivity index (χ1) is 10.3. The zero-order valence-electron chi connectivity index (χ0n) is 12.8. The Hall–Kier alpha value is -1.62. The molecule has 0 spiro atoms. The number of hydrogen-bond acceptors (Lipinski definition) is 3.